The van der Waals surface area contributed by atoms with Crippen LogP contribution >= 0.6 is 0 Å². The van der Waals surface area contributed by atoms with Gasteiger partial charge >= 0.3 is 6.03 Å². The molecule has 4 heterocycles. The minimum absolute atomic E-state index is 0.0682. The van der Waals surface area contributed by atoms with Crippen molar-refractivity contribution in [2.24, 2.45) is 0 Å². The summed E-state index contributed by atoms with van der Waals surface area (Å²) in [4.78, 5) is 52.3. The van der Waals surface area contributed by atoms with Crippen LogP contribution in [-0.2, 0) is 17.8 Å². The summed E-state index contributed by atoms with van der Waals surface area (Å²) >= 11 is 0. The Balaban J connectivity index is 1.19. The van der Waals surface area contributed by atoms with Gasteiger partial charge in [-0.3, -0.25) is 24.7 Å². The third-order valence-electron chi connectivity index (χ3n) is 7.44. The van der Waals surface area contributed by atoms with Crippen LogP contribution < -0.4 is 15.0 Å². The Labute approximate surface area is 220 Å². The Morgan fingerprint density at radius 1 is 1.21 bits per heavy atom. The number of carbonyl (C=O) groups excluding carboxylic acids is 3. The summed E-state index contributed by atoms with van der Waals surface area (Å²) in [5, 5.41) is 12.1. The van der Waals surface area contributed by atoms with Gasteiger partial charge in [0.2, 0.25) is 5.91 Å². The van der Waals surface area contributed by atoms with Gasteiger partial charge in [-0.1, -0.05) is 0 Å². The maximum atomic E-state index is 13.2. The van der Waals surface area contributed by atoms with E-state index in [-0.39, 0.29) is 23.5 Å². The molecule has 0 radical (unpaired) electrons. The molecule has 2 saturated carbocycles. The fourth-order valence-corrected chi connectivity index (χ4v) is 5.06. The van der Waals surface area contributed by atoms with Crippen molar-refractivity contribution in [1.29, 1.82) is 5.26 Å². The molecule has 11 nitrogen and oxygen atoms in total. The number of rotatable bonds is 7. The molecule has 0 unspecified atom stereocenters. The third kappa shape index (κ3) is 5.04. The highest BCUT2D eigenvalue weighted by molar-refractivity contribution is 6.01. The van der Waals surface area contributed by atoms with E-state index in [4.69, 9.17) is 4.74 Å². The summed E-state index contributed by atoms with van der Waals surface area (Å²) in [6, 6.07) is 5.66. The van der Waals surface area contributed by atoms with Gasteiger partial charge in [0, 0.05) is 43.9 Å². The number of aldehydes is 1. The van der Waals surface area contributed by atoms with E-state index in [0.29, 0.717) is 61.2 Å². The summed E-state index contributed by atoms with van der Waals surface area (Å²) in [6.07, 6.45) is 7.84. The lowest BCUT2D eigenvalue weighted by Gasteiger charge is -2.35. The van der Waals surface area contributed by atoms with Gasteiger partial charge in [-0.25, -0.2) is 14.8 Å². The lowest BCUT2D eigenvalue weighted by molar-refractivity contribution is -0.136. The Morgan fingerprint density at radius 2 is 2.05 bits per heavy atom. The minimum atomic E-state index is -0.427. The number of ether oxygens (including phenoxy) is 1. The fourth-order valence-electron chi connectivity index (χ4n) is 5.06. The SMILES string of the molecule is N#Cc1cnc(NC(=O)N2CCCc3cc(CN4CCN(C5CC5)CC4=O)c(C=O)nc32)cc1OC1CC1. The molecule has 3 amide bonds. The Bertz CT molecular complexity index is 1330. The molecule has 2 aromatic rings. The average Bonchev–Trinajstić information content (AvgIpc) is 3.84. The third-order valence-corrected chi connectivity index (χ3v) is 7.44. The second-order valence-corrected chi connectivity index (χ2v) is 10.3. The number of amides is 3. The van der Waals surface area contributed by atoms with Crippen molar-refractivity contribution < 1.29 is 19.1 Å². The van der Waals surface area contributed by atoms with Crippen LogP contribution in [-0.4, -0.2) is 76.3 Å². The minimum Gasteiger partial charge on any atom is -0.489 e. The first kappa shape index (κ1) is 24.3. The Kier molecular flexibility index (Phi) is 6.41. The van der Waals surface area contributed by atoms with E-state index >= 15 is 0 Å². The highest BCUT2D eigenvalue weighted by Gasteiger charge is 2.35. The number of carbonyl (C=O) groups is 3. The van der Waals surface area contributed by atoms with Crippen LogP contribution in [0.15, 0.2) is 18.3 Å². The number of nitrogens with zero attached hydrogens (tertiary/aromatic N) is 6. The van der Waals surface area contributed by atoms with Crippen LogP contribution in [0.25, 0.3) is 0 Å². The molecule has 6 rings (SSSR count). The monoisotopic (exact) mass is 515 g/mol. The zero-order chi connectivity index (χ0) is 26.2. The number of aromatic nitrogens is 2. The first-order chi connectivity index (χ1) is 18.5. The standard InChI is InChI=1S/C27H29N7O4/c28-12-19-13-29-24(11-23(19)38-21-5-6-21)31-27(37)34-7-1-2-17-10-18(22(16-35)30-26(17)34)14-33-9-8-32(15-25(33)36)20-3-4-20/h10-11,13,16,20-21H,1-9,14-15H2,(H,29,31,37). The number of anilines is 2. The van der Waals surface area contributed by atoms with Crippen molar-refractivity contribution in [2.75, 3.05) is 36.4 Å². The fraction of sp³-hybridized carbons (Fsp3) is 0.481. The molecule has 0 atom stereocenters. The molecule has 11 heteroatoms. The predicted octanol–water partition coefficient (Wildman–Crippen LogP) is 2.49. The first-order valence-corrected chi connectivity index (χ1v) is 13.2. The van der Waals surface area contributed by atoms with Gasteiger partial charge in [0.25, 0.3) is 0 Å². The number of hydrogen-bond acceptors (Lipinski definition) is 8. The molecule has 4 aliphatic rings. The molecule has 0 spiro atoms. The van der Waals surface area contributed by atoms with Crippen LogP contribution in [0.4, 0.5) is 16.4 Å². The largest absolute Gasteiger partial charge is 0.489 e. The number of urea groups is 1. The van der Waals surface area contributed by atoms with Crippen LogP contribution in [0.3, 0.4) is 0 Å². The maximum Gasteiger partial charge on any atom is 0.328 e. The van der Waals surface area contributed by atoms with Crippen molar-refractivity contribution >= 4 is 29.9 Å². The Morgan fingerprint density at radius 3 is 2.76 bits per heavy atom. The van der Waals surface area contributed by atoms with Crippen molar-refractivity contribution in [3.63, 3.8) is 0 Å². The molecule has 196 valence electrons. The normalized spacial score (nSPS) is 19.5. The van der Waals surface area contributed by atoms with E-state index in [0.717, 1.165) is 50.6 Å². The number of nitriles is 1. The predicted molar refractivity (Wildman–Crippen MR) is 137 cm³/mol. The van der Waals surface area contributed by atoms with Gasteiger partial charge < -0.3 is 9.64 Å². The average molecular weight is 516 g/mol. The van der Waals surface area contributed by atoms with Crippen molar-refractivity contribution in [2.45, 2.75) is 57.2 Å². The van der Waals surface area contributed by atoms with Gasteiger partial charge in [0.05, 0.1) is 18.8 Å². The van der Waals surface area contributed by atoms with Crippen molar-refractivity contribution in [1.82, 2.24) is 19.8 Å². The summed E-state index contributed by atoms with van der Waals surface area (Å²) in [7, 11) is 0. The molecule has 0 bridgehead atoms. The molecule has 1 N–H and O–H groups in total. The van der Waals surface area contributed by atoms with E-state index in [1.807, 2.05) is 6.07 Å². The summed E-state index contributed by atoms with van der Waals surface area (Å²) in [5.41, 5.74) is 2.11. The number of piperazine rings is 1. The topological polar surface area (TPSA) is 132 Å². The number of hydrogen-bond donors (Lipinski definition) is 1. The van der Waals surface area contributed by atoms with E-state index in [1.54, 1.807) is 11.0 Å². The highest BCUT2D eigenvalue weighted by atomic mass is 16.5. The van der Waals surface area contributed by atoms with Crippen LogP contribution in [0.2, 0.25) is 0 Å². The van der Waals surface area contributed by atoms with E-state index in [9.17, 15) is 19.6 Å². The van der Waals surface area contributed by atoms with E-state index < -0.39 is 6.03 Å². The second-order valence-electron chi connectivity index (χ2n) is 10.3. The number of aryl methyl sites for hydroxylation is 1. The van der Waals surface area contributed by atoms with E-state index in [2.05, 4.69) is 26.3 Å². The molecule has 3 fully saturated rings. The lowest BCUT2D eigenvalue weighted by Crippen LogP contribution is -2.50. The molecule has 38 heavy (non-hydrogen) atoms. The number of pyridine rings is 2. The van der Waals surface area contributed by atoms with E-state index in [1.165, 1.54) is 11.1 Å². The summed E-state index contributed by atoms with van der Waals surface area (Å²) < 4.78 is 5.80. The highest BCUT2D eigenvalue weighted by Crippen LogP contribution is 2.32. The smallest absolute Gasteiger partial charge is 0.328 e. The summed E-state index contributed by atoms with van der Waals surface area (Å²) in [6.45, 7) is 2.66. The molecule has 2 aromatic heterocycles. The summed E-state index contributed by atoms with van der Waals surface area (Å²) in [5.74, 6) is 1.18. The van der Waals surface area contributed by atoms with Crippen LogP contribution in [0, 0.1) is 11.3 Å². The van der Waals surface area contributed by atoms with Gasteiger partial charge in [-0.05, 0) is 50.2 Å². The quantitative estimate of drug-likeness (QED) is 0.557. The molecular weight excluding hydrogens is 486 g/mol. The zero-order valence-electron chi connectivity index (χ0n) is 21.1. The lowest BCUT2D eigenvalue weighted by atomic mass is 10.0. The number of nitrogens with one attached hydrogen (secondary N) is 1. The first-order valence-electron chi connectivity index (χ1n) is 13.2. The maximum absolute atomic E-state index is 13.2. The van der Waals surface area contributed by atoms with Gasteiger partial charge in [0.15, 0.2) is 6.29 Å². The molecule has 0 aromatic carbocycles. The zero-order valence-corrected chi connectivity index (χ0v) is 21.1. The number of fused-ring (bicyclic) bond motifs is 1. The van der Waals surface area contributed by atoms with Crippen LogP contribution in [0.5, 0.6) is 5.75 Å². The molecule has 2 aliphatic carbocycles. The van der Waals surface area contributed by atoms with Crippen molar-refractivity contribution in [3.8, 4) is 11.8 Å². The second kappa shape index (κ2) is 10.0. The van der Waals surface area contributed by atoms with Crippen LogP contribution in [0.1, 0.15) is 59.3 Å². The van der Waals surface area contributed by atoms with Gasteiger partial charge in [-0.15, -0.1) is 0 Å². The molecular formula is C27H29N7O4. The molecule has 2 aliphatic heterocycles. The van der Waals surface area contributed by atoms with Gasteiger partial charge in [0.1, 0.15) is 34.7 Å². The Hall–Kier alpha value is -4.04. The molecule has 1 saturated heterocycles. The van der Waals surface area contributed by atoms with Crippen molar-refractivity contribution in [3.05, 3.63) is 40.7 Å². The van der Waals surface area contributed by atoms with Gasteiger partial charge in [-0.2, -0.15) is 5.26 Å².